The van der Waals surface area contributed by atoms with Gasteiger partial charge in [0.25, 0.3) is 5.91 Å². The maximum atomic E-state index is 13.1. The van der Waals surface area contributed by atoms with Crippen LogP contribution in [0.4, 0.5) is 5.69 Å². The molecule has 158 valence electrons. The van der Waals surface area contributed by atoms with E-state index in [0.29, 0.717) is 22.7 Å². The molecule has 0 spiro atoms. The second-order valence-corrected chi connectivity index (χ2v) is 8.84. The number of benzene rings is 3. The van der Waals surface area contributed by atoms with Gasteiger partial charge in [-0.3, -0.25) is 4.79 Å². The van der Waals surface area contributed by atoms with E-state index in [1.54, 1.807) is 6.07 Å². The summed E-state index contributed by atoms with van der Waals surface area (Å²) in [6.45, 7) is 8.09. The Kier molecular flexibility index (Phi) is 4.50. The van der Waals surface area contributed by atoms with Crippen LogP contribution >= 0.6 is 0 Å². The number of rotatable bonds is 3. The predicted octanol–water partition coefficient (Wildman–Crippen LogP) is 4.12. The SMILES string of the molecule is CC1(C)OB(c2ccc(NC(=O)c3cccc4ccccc34)c3c2OCO3)OC1(C)C. The fraction of sp³-hybridized carbons (Fsp3) is 0.292. The maximum Gasteiger partial charge on any atom is 0.498 e. The van der Waals surface area contributed by atoms with Gasteiger partial charge < -0.3 is 24.1 Å². The van der Waals surface area contributed by atoms with Crippen LogP contribution in [0.15, 0.2) is 54.6 Å². The molecular formula is C24H24BNO5. The van der Waals surface area contributed by atoms with Crippen molar-refractivity contribution in [1.82, 2.24) is 0 Å². The normalized spacial score (nSPS) is 18.4. The van der Waals surface area contributed by atoms with Crippen molar-refractivity contribution in [2.45, 2.75) is 38.9 Å². The molecule has 0 unspecified atom stereocenters. The van der Waals surface area contributed by atoms with Gasteiger partial charge in [-0.05, 0) is 50.6 Å². The van der Waals surface area contributed by atoms with Crippen molar-refractivity contribution in [1.29, 1.82) is 0 Å². The lowest BCUT2D eigenvalue weighted by atomic mass is 9.78. The Morgan fingerprint density at radius 1 is 0.871 bits per heavy atom. The molecule has 2 aliphatic rings. The van der Waals surface area contributed by atoms with Crippen LogP contribution < -0.4 is 20.3 Å². The largest absolute Gasteiger partial charge is 0.498 e. The first-order chi connectivity index (χ1) is 14.8. The van der Waals surface area contributed by atoms with E-state index < -0.39 is 18.3 Å². The smallest absolute Gasteiger partial charge is 0.454 e. The minimum atomic E-state index is -0.580. The summed E-state index contributed by atoms with van der Waals surface area (Å²) in [5, 5.41) is 4.88. The van der Waals surface area contributed by atoms with E-state index in [4.69, 9.17) is 18.8 Å². The van der Waals surface area contributed by atoms with E-state index in [2.05, 4.69) is 5.32 Å². The molecule has 0 bridgehead atoms. The van der Waals surface area contributed by atoms with E-state index in [-0.39, 0.29) is 12.7 Å². The van der Waals surface area contributed by atoms with Gasteiger partial charge in [0.2, 0.25) is 6.79 Å². The van der Waals surface area contributed by atoms with Gasteiger partial charge in [0.15, 0.2) is 11.5 Å². The zero-order valence-electron chi connectivity index (χ0n) is 18.0. The van der Waals surface area contributed by atoms with Crippen molar-refractivity contribution in [2.24, 2.45) is 0 Å². The molecule has 1 fully saturated rings. The van der Waals surface area contributed by atoms with Gasteiger partial charge in [0, 0.05) is 11.0 Å². The first-order valence-corrected chi connectivity index (χ1v) is 10.3. The minimum Gasteiger partial charge on any atom is -0.454 e. The number of amides is 1. The monoisotopic (exact) mass is 417 g/mol. The molecule has 1 saturated heterocycles. The summed E-state index contributed by atoms with van der Waals surface area (Å²) in [4.78, 5) is 13.1. The summed E-state index contributed by atoms with van der Waals surface area (Å²) < 4.78 is 23.8. The van der Waals surface area contributed by atoms with Gasteiger partial charge in [-0.1, -0.05) is 42.5 Å². The third kappa shape index (κ3) is 3.25. The average molecular weight is 417 g/mol. The van der Waals surface area contributed by atoms with E-state index in [1.807, 2.05) is 76.2 Å². The van der Waals surface area contributed by atoms with Crippen LogP contribution in [0, 0.1) is 0 Å². The minimum absolute atomic E-state index is 0.0724. The highest BCUT2D eigenvalue weighted by atomic mass is 16.7. The van der Waals surface area contributed by atoms with E-state index >= 15 is 0 Å². The molecule has 5 rings (SSSR count). The lowest BCUT2D eigenvalue weighted by Crippen LogP contribution is -2.41. The third-order valence-corrected chi connectivity index (χ3v) is 6.34. The lowest BCUT2D eigenvalue weighted by molar-refractivity contribution is 0.00578. The summed E-state index contributed by atoms with van der Waals surface area (Å²) in [5.74, 6) is 0.813. The Balaban J connectivity index is 1.47. The van der Waals surface area contributed by atoms with Crippen LogP contribution in [0.25, 0.3) is 10.8 Å². The van der Waals surface area contributed by atoms with Gasteiger partial charge in [-0.25, -0.2) is 0 Å². The molecule has 2 heterocycles. The zero-order valence-corrected chi connectivity index (χ0v) is 18.0. The molecule has 7 heteroatoms. The molecule has 1 amide bonds. The number of carbonyl (C=O) groups excluding carboxylic acids is 1. The summed E-state index contributed by atoms with van der Waals surface area (Å²) >= 11 is 0. The highest BCUT2D eigenvalue weighted by molar-refractivity contribution is 6.63. The number of fused-ring (bicyclic) bond motifs is 2. The number of ether oxygens (including phenoxy) is 2. The van der Waals surface area contributed by atoms with Crippen molar-refractivity contribution in [3.05, 3.63) is 60.2 Å². The summed E-state index contributed by atoms with van der Waals surface area (Å²) in [7, 11) is -0.580. The molecular weight excluding hydrogens is 393 g/mol. The molecule has 0 aromatic heterocycles. The topological polar surface area (TPSA) is 66.0 Å². The first-order valence-electron chi connectivity index (χ1n) is 10.3. The van der Waals surface area contributed by atoms with Crippen molar-refractivity contribution in [3.63, 3.8) is 0 Å². The van der Waals surface area contributed by atoms with Gasteiger partial charge in [-0.15, -0.1) is 0 Å². The predicted molar refractivity (Wildman–Crippen MR) is 120 cm³/mol. The number of nitrogens with one attached hydrogen (secondary N) is 1. The Morgan fingerprint density at radius 2 is 1.55 bits per heavy atom. The number of hydrogen-bond donors (Lipinski definition) is 1. The number of carbonyl (C=O) groups is 1. The van der Waals surface area contributed by atoms with E-state index in [0.717, 1.165) is 16.2 Å². The fourth-order valence-electron chi connectivity index (χ4n) is 3.88. The van der Waals surface area contributed by atoms with Crippen LogP contribution in [-0.4, -0.2) is 31.0 Å². The van der Waals surface area contributed by atoms with E-state index in [1.165, 1.54) is 0 Å². The summed E-state index contributed by atoms with van der Waals surface area (Å²) in [6, 6.07) is 17.1. The Morgan fingerprint density at radius 3 is 2.32 bits per heavy atom. The molecule has 3 aromatic rings. The molecule has 3 aromatic carbocycles. The Labute approximate surface area is 181 Å². The van der Waals surface area contributed by atoms with Crippen molar-refractivity contribution in [2.75, 3.05) is 12.1 Å². The Bertz CT molecular complexity index is 1170. The van der Waals surface area contributed by atoms with Crippen LogP contribution in [0.1, 0.15) is 38.1 Å². The maximum absolute atomic E-state index is 13.1. The third-order valence-electron chi connectivity index (χ3n) is 6.34. The highest BCUT2D eigenvalue weighted by Crippen LogP contribution is 2.42. The molecule has 0 aliphatic carbocycles. The summed E-state index contributed by atoms with van der Waals surface area (Å²) in [5.41, 5.74) is 0.956. The van der Waals surface area contributed by atoms with Gasteiger partial charge >= 0.3 is 7.12 Å². The molecule has 31 heavy (non-hydrogen) atoms. The van der Waals surface area contributed by atoms with Crippen LogP contribution in [0.3, 0.4) is 0 Å². The van der Waals surface area contributed by atoms with Crippen LogP contribution in [0.5, 0.6) is 11.5 Å². The number of anilines is 1. The molecule has 6 nitrogen and oxygen atoms in total. The molecule has 1 N–H and O–H groups in total. The van der Waals surface area contributed by atoms with Crippen molar-refractivity contribution < 1.29 is 23.6 Å². The standard InChI is InChI=1S/C24H24BNO5/c1-23(2)24(3,4)31-25(30-23)18-12-13-19(21-20(18)28-14-29-21)26-22(27)17-11-7-9-15-8-5-6-10-16(15)17/h5-13H,14H2,1-4H3,(H,26,27). The lowest BCUT2D eigenvalue weighted by Gasteiger charge is -2.32. The second-order valence-electron chi connectivity index (χ2n) is 8.84. The average Bonchev–Trinajstić information content (AvgIpc) is 3.30. The first kappa shape index (κ1) is 19.9. The molecule has 0 atom stereocenters. The van der Waals surface area contributed by atoms with Crippen molar-refractivity contribution >= 4 is 34.9 Å². The molecule has 0 radical (unpaired) electrons. The summed E-state index contributed by atoms with van der Waals surface area (Å²) in [6.07, 6.45) is 0. The number of hydrogen-bond acceptors (Lipinski definition) is 5. The van der Waals surface area contributed by atoms with Gasteiger partial charge in [0.1, 0.15) is 0 Å². The highest BCUT2D eigenvalue weighted by Gasteiger charge is 2.53. The van der Waals surface area contributed by atoms with Crippen molar-refractivity contribution in [3.8, 4) is 11.5 Å². The van der Waals surface area contributed by atoms with Gasteiger partial charge in [0.05, 0.1) is 16.9 Å². The molecule has 0 saturated carbocycles. The second kappa shape index (κ2) is 7.00. The van der Waals surface area contributed by atoms with Crippen LogP contribution in [-0.2, 0) is 9.31 Å². The quantitative estimate of drug-likeness (QED) is 0.650. The zero-order chi connectivity index (χ0) is 21.8. The fourth-order valence-corrected chi connectivity index (χ4v) is 3.88. The Hall–Kier alpha value is -3.03. The van der Waals surface area contributed by atoms with Gasteiger partial charge in [-0.2, -0.15) is 0 Å². The molecule has 2 aliphatic heterocycles. The van der Waals surface area contributed by atoms with E-state index in [9.17, 15) is 4.79 Å². The van der Waals surface area contributed by atoms with Crippen LogP contribution in [0.2, 0.25) is 0 Å².